The van der Waals surface area contributed by atoms with Gasteiger partial charge in [0.05, 0.1) is 0 Å². The Kier molecular flexibility index (Phi) is 75.0. The molecule has 0 aromatic rings. The normalized spacial score (nSPS) is 7.68. The van der Waals surface area contributed by atoms with Crippen molar-refractivity contribution in [1.82, 2.24) is 0 Å². The van der Waals surface area contributed by atoms with Crippen molar-refractivity contribution in [2.45, 2.75) is 86.7 Å². The average Bonchev–Trinajstić information content (AvgIpc) is 1.94. The summed E-state index contributed by atoms with van der Waals surface area (Å²) in [6, 6.07) is 0. The fraction of sp³-hybridized carbons (Fsp3) is 0.929. The van der Waals surface area contributed by atoms with Gasteiger partial charge >= 0.3 is 51.3 Å². The summed E-state index contributed by atoms with van der Waals surface area (Å²) in [6.45, 7) is 13.9. The van der Waals surface area contributed by atoms with Gasteiger partial charge in [-0.05, 0) is 6.92 Å². The Morgan fingerprint density at radius 3 is 0.636 bits per heavy atom. The smallest absolute Gasteiger partial charge is 0.852 e. The Bertz CT molecular complexity index is 128. The molecular weight excluding hydrogens is 335 g/mol. The minimum absolute atomic E-state index is 0. The Labute approximate surface area is 173 Å². The predicted molar refractivity (Wildman–Crippen MR) is 71.2 cm³/mol. The average molecular weight is 366 g/mol. The summed E-state index contributed by atoms with van der Waals surface area (Å²) < 4.78 is 0. The van der Waals surface area contributed by atoms with Crippen LogP contribution in [0, 0.1) is 0 Å². The van der Waals surface area contributed by atoms with Crippen LogP contribution in [0.3, 0.4) is 0 Å². The van der Waals surface area contributed by atoms with E-state index in [2.05, 4.69) is 0 Å². The van der Waals surface area contributed by atoms with Gasteiger partial charge in [0, 0.05) is 5.97 Å². The van der Waals surface area contributed by atoms with Gasteiger partial charge in [0.25, 0.3) is 0 Å². The molecule has 0 heterocycles. The van der Waals surface area contributed by atoms with Gasteiger partial charge in [0.15, 0.2) is 0 Å². The van der Waals surface area contributed by atoms with Crippen LogP contribution in [0.2, 0.25) is 0 Å². The van der Waals surface area contributed by atoms with E-state index in [0.29, 0.717) is 0 Å². The van der Waals surface area contributed by atoms with Crippen molar-refractivity contribution < 1.29 is 81.6 Å². The molecule has 22 heavy (non-hydrogen) atoms. The molecule has 0 rings (SSSR count). The van der Waals surface area contributed by atoms with E-state index in [1.54, 1.807) is 55.4 Å². The van der Waals surface area contributed by atoms with Crippen LogP contribution in [0.5, 0.6) is 0 Å². The summed E-state index contributed by atoms with van der Waals surface area (Å²) in [5.74, 6) is -1.08. The molecule has 0 fully saturated rings. The van der Waals surface area contributed by atoms with Gasteiger partial charge < -0.3 is 30.3 Å². The molecule has 6 nitrogen and oxygen atoms in total. The Morgan fingerprint density at radius 2 is 0.636 bits per heavy atom. The van der Waals surface area contributed by atoms with Crippen LogP contribution in [0.4, 0.5) is 0 Å². The van der Waals surface area contributed by atoms with Gasteiger partial charge in [0.1, 0.15) is 0 Å². The quantitative estimate of drug-likeness (QED) is 0.394. The fourth-order valence-electron chi connectivity index (χ4n) is 0. The number of carbonyl (C=O) groups excluding carboxylic acids is 1. The largest absolute Gasteiger partial charge is 4.00 e. The maximum Gasteiger partial charge on any atom is 4.00 e. The summed E-state index contributed by atoms with van der Waals surface area (Å²) in [5.41, 5.74) is 0. The number of hydrogen-bond acceptors (Lipinski definition) is 6. The topological polar surface area (TPSA) is 132 Å². The monoisotopic (exact) mass is 366 g/mol. The predicted octanol–water partition coefficient (Wildman–Crippen LogP) is -5.22. The number of carboxylic acid groups (broad SMARTS) is 1. The first kappa shape index (κ1) is 43.5. The summed E-state index contributed by atoms with van der Waals surface area (Å²) in [6.07, 6.45) is -1.67. The molecule has 0 aromatic heterocycles. The third kappa shape index (κ3) is 8040. The third-order valence-electron chi connectivity index (χ3n) is 0. The van der Waals surface area contributed by atoms with Crippen molar-refractivity contribution in [1.29, 1.82) is 0 Å². The van der Waals surface area contributed by atoms with Crippen molar-refractivity contribution in [3.63, 3.8) is 0 Å². The second-order valence-corrected chi connectivity index (χ2v) is 4.69. The van der Waals surface area contributed by atoms with Gasteiger partial charge in [0.2, 0.25) is 0 Å². The van der Waals surface area contributed by atoms with E-state index in [0.717, 1.165) is 6.92 Å². The van der Waals surface area contributed by atoms with Gasteiger partial charge in [-0.3, -0.25) is 0 Å². The van der Waals surface area contributed by atoms with E-state index in [1.165, 1.54) is 0 Å². The number of hydrogen-bond donors (Lipinski definition) is 0. The first-order chi connectivity index (χ1) is 8.66. The van der Waals surface area contributed by atoms with E-state index < -0.39 is 30.4 Å². The van der Waals surface area contributed by atoms with Crippen molar-refractivity contribution in [2.75, 3.05) is 0 Å². The summed E-state index contributed by atoms with van der Waals surface area (Å²) in [7, 11) is 0. The summed E-state index contributed by atoms with van der Waals surface area (Å²) >= 11 is 0. The van der Waals surface area contributed by atoms with Crippen LogP contribution < -0.4 is 55.1 Å². The Morgan fingerprint density at radius 1 is 0.636 bits per heavy atom. The molecule has 0 saturated carbocycles. The molecular formula is C14H31NaO6Ti. The molecule has 0 aromatic carbocycles. The number of aliphatic carboxylic acids is 1. The van der Waals surface area contributed by atoms with Crippen LogP contribution >= 0.6 is 0 Å². The molecule has 0 bridgehead atoms. The zero-order valence-electron chi connectivity index (χ0n) is 15.8. The van der Waals surface area contributed by atoms with E-state index in [1.807, 2.05) is 0 Å². The maximum absolute atomic E-state index is 9.53. The summed E-state index contributed by atoms with van der Waals surface area (Å²) in [4.78, 5) is 8.89. The first-order valence-corrected chi connectivity index (χ1v) is 6.47. The van der Waals surface area contributed by atoms with E-state index >= 15 is 0 Å². The molecule has 0 unspecified atom stereocenters. The number of rotatable bonds is 0. The molecule has 0 atom stereocenters. The first-order valence-electron chi connectivity index (χ1n) is 6.47. The zero-order valence-corrected chi connectivity index (χ0v) is 19.3. The van der Waals surface area contributed by atoms with Gasteiger partial charge in [-0.2, -0.15) is 0 Å². The Balaban J connectivity index is -0.0000000250. The minimum atomic E-state index is -1.08. The second kappa shape index (κ2) is 37.9. The number of carbonyl (C=O) groups is 1. The SMILES string of the molecule is CC(=O)[O-].CC(C)[O-].CC(C)[O-].CC(C)[O-].CC(C)[O-].[Na+].[Ti+4]. The molecule has 0 aliphatic heterocycles. The molecule has 0 aliphatic carbocycles. The van der Waals surface area contributed by atoms with Crippen molar-refractivity contribution in [3.05, 3.63) is 0 Å². The molecule has 0 amide bonds. The Hall–Kier alpha value is 1.02. The van der Waals surface area contributed by atoms with Crippen LogP contribution in [-0.4, -0.2) is 30.4 Å². The maximum atomic E-state index is 9.53. The van der Waals surface area contributed by atoms with Gasteiger partial charge in [-0.25, -0.2) is 0 Å². The molecule has 0 aliphatic rings. The van der Waals surface area contributed by atoms with Crippen LogP contribution in [-0.2, 0) is 26.5 Å². The molecule has 0 radical (unpaired) electrons. The summed E-state index contributed by atoms with van der Waals surface area (Å²) in [5, 5.41) is 47.0. The second-order valence-electron chi connectivity index (χ2n) is 4.69. The minimum Gasteiger partial charge on any atom is -0.852 e. The van der Waals surface area contributed by atoms with E-state index in [4.69, 9.17) is 9.90 Å². The van der Waals surface area contributed by atoms with E-state index in [9.17, 15) is 20.4 Å². The molecule has 128 valence electrons. The van der Waals surface area contributed by atoms with E-state index in [-0.39, 0.29) is 51.3 Å². The number of carboxylic acids is 1. The van der Waals surface area contributed by atoms with Crippen molar-refractivity contribution >= 4 is 5.97 Å². The van der Waals surface area contributed by atoms with Crippen LogP contribution in [0.25, 0.3) is 0 Å². The van der Waals surface area contributed by atoms with Gasteiger partial charge in [-0.15, -0.1) is 24.4 Å². The van der Waals surface area contributed by atoms with Gasteiger partial charge in [-0.1, -0.05) is 55.4 Å². The fourth-order valence-corrected chi connectivity index (χ4v) is 0. The van der Waals surface area contributed by atoms with Crippen LogP contribution in [0.15, 0.2) is 0 Å². The van der Waals surface area contributed by atoms with Crippen LogP contribution in [0.1, 0.15) is 62.3 Å². The molecule has 0 saturated heterocycles. The van der Waals surface area contributed by atoms with Crippen molar-refractivity contribution in [2.24, 2.45) is 0 Å². The third-order valence-corrected chi connectivity index (χ3v) is 0. The molecule has 0 spiro atoms. The van der Waals surface area contributed by atoms with Crippen molar-refractivity contribution in [3.8, 4) is 0 Å². The molecule has 8 heteroatoms. The molecule has 0 N–H and O–H groups in total. The standard InChI is InChI=1S/4C3H7O.C2H4O2.Na.Ti/c4*1-3(2)4;1-2(3)4;;/h4*3H,1-2H3;1H3,(H,3,4);;/q4*-1;;+1;+4/p-1. The zero-order chi connectivity index (χ0) is 17.9.